The van der Waals surface area contributed by atoms with Crippen molar-refractivity contribution < 1.29 is 4.74 Å². The van der Waals surface area contributed by atoms with Gasteiger partial charge in [0.25, 0.3) is 0 Å². The first-order chi connectivity index (χ1) is 9.62. The maximum absolute atomic E-state index is 6.27. The molecular formula is C16H25Cl2NO. The van der Waals surface area contributed by atoms with Crippen molar-refractivity contribution in [3.63, 3.8) is 0 Å². The zero-order valence-electron chi connectivity index (χ0n) is 12.6. The van der Waals surface area contributed by atoms with Crippen molar-refractivity contribution in [2.75, 3.05) is 13.7 Å². The largest absolute Gasteiger partial charge is 0.380 e. The highest BCUT2D eigenvalue weighted by Gasteiger charge is 2.21. The van der Waals surface area contributed by atoms with Crippen LogP contribution in [0.4, 0.5) is 0 Å². The van der Waals surface area contributed by atoms with E-state index in [1.54, 1.807) is 7.11 Å². The maximum atomic E-state index is 6.27. The van der Waals surface area contributed by atoms with E-state index in [1.165, 1.54) is 0 Å². The van der Waals surface area contributed by atoms with Gasteiger partial charge < -0.3 is 10.1 Å². The monoisotopic (exact) mass is 317 g/mol. The first-order valence-electron chi connectivity index (χ1n) is 7.32. The summed E-state index contributed by atoms with van der Waals surface area (Å²) in [5.41, 5.74) is 1.07. The van der Waals surface area contributed by atoms with E-state index in [1.807, 2.05) is 18.2 Å². The number of hydrogen-bond acceptors (Lipinski definition) is 2. The molecule has 0 heterocycles. The minimum absolute atomic E-state index is 0.196. The Labute approximate surface area is 132 Å². The molecule has 2 nitrogen and oxygen atoms in total. The molecule has 0 fully saturated rings. The Hall–Kier alpha value is -0.280. The van der Waals surface area contributed by atoms with Crippen LogP contribution in [-0.2, 0) is 11.2 Å². The van der Waals surface area contributed by atoms with E-state index in [-0.39, 0.29) is 12.1 Å². The molecule has 1 rings (SSSR count). The molecular weight excluding hydrogens is 293 g/mol. The molecule has 0 aromatic heterocycles. The number of methoxy groups -OCH3 is 1. The second kappa shape index (κ2) is 9.62. The molecule has 1 N–H and O–H groups in total. The molecule has 0 amide bonds. The van der Waals surface area contributed by atoms with Gasteiger partial charge in [0.15, 0.2) is 0 Å². The standard InChI is InChI=1S/C16H25Cl2NO/c1-4-6-16(20-3)15(19-9-5-2)11-12-10-13(17)7-8-14(12)18/h7-8,10,15-16,19H,4-6,9,11H2,1-3H3. The molecule has 4 heteroatoms. The predicted molar refractivity (Wildman–Crippen MR) is 88.0 cm³/mol. The van der Waals surface area contributed by atoms with Crippen LogP contribution in [0.1, 0.15) is 38.7 Å². The van der Waals surface area contributed by atoms with E-state index in [9.17, 15) is 0 Å². The zero-order valence-corrected chi connectivity index (χ0v) is 14.1. The summed E-state index contributed by atoms with van der Waals surface area (Å²) in [6, 6.07) is 5.89. The second-order valence-corrected chi connectivity index (χ2v) is 5.91. The Morgan fingerprint density at radius 3 is 2.55 bits per heavy atom. The maximum Gasteiger partial charge on any atom is 0.0727 e. The molecule has 0 spiro atoms. The average Bonchev–Trinajstić information content (AvgIpc) is 2.44. The van der Waals surface area contributed by atoms with E-state index >= 15 is 0 Å². The van der Waals surface area contributed by atoms with Gasteiger partial charge in [0.05, 0.1) is 6.10 Å². The predicted octanol–water partition coefficient (Wildman–Crippen LogP) is 4.72. The highest BCUT2D eigenvalue weighted by Crippen LogP contribution is 2.23. The molecule has 0 radical (unpaired) electrons. The van der Waals surface area contributed by atoms with Gasteiger partial charge in [-0.3, -0.25) is 0 Å². The smallest absolute Gasteiger partial charge is 0.0727 e. The van der Waals surface area contributed by atoms with Crippen LogP contribution in [0.25, 0.3) is 0 Å². The summed E-state index contributed by atoms with van der Waals surface area (Å²) >= 11 is 12.3. The molecule has 1 aromatic carbocycles. The lowest BCUT2D eigenvalue weighted by molar-refractivity contribution is 0.0609. The Morgan fingerprint density at radius 2 is 1.95 bits per heavy atom. The lowest BCUT2D eigenvalue weighted by Crippen LogP contribution is -2.43. The third-order valence-corrected chi connectivity index (χ3v) is 4.03. The average molecular weight is 318 g/mol. The van der Waals surface area contributed by atoms with E-state index in [0.717, 1.165) is 47.8 Å². The minimum atomic E-state index is 0.196. The molecule has 0 aliphatic heterocycles. The Bertz CT molecular complexity index is 398. The van der Waals surface area contributed by atoms with Crippen LogP contribution < -0.4 is 5.32 Å². The van der Waals surface area contributed by atoms with Gasteiger partial charge in [-0.15, -0.1) is 0 Å². The quantitative estimate of drug-likeness (QED) is 0.711. The van der Waals surface area contributed by atoms with Gasteiger partial charge in [-0.05, 0) is 49.6 Å². The van der Waals surface area contributed by atoms with Gasteiger partial charge in [-0.1, -0.05) is 43.5 Å². The van der Waals surface area contributed by atoms with Crippen LogP contribution in [0.5, 0.6) is 0 Å². The van der Waals surface area contributed by atoms with Crippen LogP contribution in [-0.4, -0.2) is 25.8 Å². The Kier molecular flexibility index (Phi) is 8.55. The lowest BCUT2D eigenvalue weighted by Gasteiger charge is -2.27. The fourth-order valence-corrected chi connectivity index (χ4v) is 2.76. The van der Waals surface area contributed by atoms with E-state index in [2.05, 4.69) is 19.2 Å². The number of nitrogens with one attached hydrogen (secondary N) is 1. The van der Waals surface area contributed by atoms with Crippen LogP contribution in [0.15, 0.2) is 18.2 Å². The lowest BCUT2D eigenvalue weighted by atomic mass is 9.98. The van der Waals surface area contributed by atoms with Crippen LogP contribution >= 0.6 is 23.2 Å². The molecule has 1 aromatic rings. The van der Waals surface area contributed by atoms with Crippen molar-refractivity contribution in [3.8, 4) is 0 Å². The molecule has 2 atom stereocenters. The van der Waals surface area contributed by atoms with Crippen molar-refractivity contribution in [2.24, 2.45) is 0 Å². The third-order valence-electron chi connectivity index (χ3n) is 3.43. The number of halogens is 2. The summed E-state index contributed by atoms with van der Waals surface area (Å²) in [5, 5.41) is 5.07. The van der Waals surface area contributed by atoms with Crippen LogP contribution in [0.3, 0.4) is 0 Å². The molecule has 0 aliphatic carbocycles. The van der Waals surface area contributed by atoms with Crippen molar-refractivity contribution in [1.82, 2.24) is 5.32 Å². The summed E-state index contributed by atoms with van der Waals surface area (Å²) in [6.07, 6.45) is 4.27. The highest BCUT2D eigenvalue weighted by molar-refractivity contribution is 6.33. The molecule has 0 saturated carbocycles. The third kappa shape index (κ3) is 5.61. The van der Waals surface area contributed by atoms with Crippen LogP contribution in [0, 0.1) is 0 Å². The summed E-state index contributed by atoms with van der Waals surface area (Å²) in [7, 11) is 1.78. The van der Waals surface area contributed by atoms with Crippen molar-refractivity contribution >= 4 is 23.2 Å². The van der Waals surface area contributed by atoms with Crippen LogP contribution in [0.2, 0.25) is 10.0 Å². The summed E-state index contributed by atoms with van der Waals surface area (Å²) in [4.78, 5) is 0. The van der Waals surface area contributed by atoms with Crippen molar-refractivity contribution in [2.45, 2.75) is 51.7 Å². The summed E-state index contributed by atoms with van der Waals surface area (Å²) < 4.78 is 5.65. The summed E-state index contributed by atoms with van der Waals surface area (Å²) in [5.74, 6) is 0. The Balaban J connectivity index is 2.84. The zero-order chi connectivity index (χ0) is 15.0. The fourth-order valence-electron chi connectivity index (χ4n) is 2.37. The minimum Gasteiger partial charge on any atom is -0.380 e. The normalized spacial score (nSPS) is 14.2. The number of rotatable bonds is 9. The highest BCUT2D eigenvalue weighted by atomic mass is 35.5. The van der Waals surface area contributed by atoms with E-state index in [0.29, 0.717) is 0 Å². The van der Waals surface area contributed by atoms with Gasteiger partial charge in [-0.2, -0.15) is 0 Å². The molecule has 114 valence electrons. The van der Waals surface area contributed by atoms with E-state index in [4.69, 9.17) is 27.9 Å². The second-order valence-electron chi connectivity index (χ2n) is 5.06. The van der Waals surface area contributed by atoms with Gasteiger partial charge in [0, 0.05) is 23.2 Å². The Morgan fingerprint density at radius 1 is 1.20 bits per heavy atom. The summed E-state index contributed by atoms with van der Waals surface area (Å²) in [6.45, 7) is 5.32. The van der Waals surface area contributed by atoms with Gasteiger partial charge in [0.2, 0.25) is 0 Å². The van der Waals surface area contributed by atoms with Crippen molar-refractivity contribution in [3.05, 3.63) is 33.8 Å². The molecule has 20 heavy (non-hydrogen) atoms. The fraction of sp³-hybridized carbons (Fsp3) is 0.625. The van der Waals surface area contributed by atoms with Gasteiger partial charge in [-0.25, -0.2) is 0 Å². The topological polar surface area (TPSA) is 21.3 Å². The number of benzene rings is 1. The molecule has 0 saturated heterocycles. The van der Waals surface area contributed by atoms with Crippen molar-refractivity contribution in [1.29, 1.82) is 0 Å². The first-order valence-corrected chi connectivity index (χ1v) is 8.08. The molecule has 0 bridgehead atoms. The molecule has 0 aliphatic rings. The van der Waals surface area contributed by atoms with Gasteiger partial charge >= 0.3 is 0 Å². The first kappa shape index (κ1) is 17.8. The molecule has 2 unspecified atom stereocenters. The van der Waals surface area contributed by atoms with Gasteiger partial charge in [0.1, 0.15) is 0 Å². The number of ether oxygens (including phenoxy) is 1. The SMILES string of the molecule is CCCNC(Cc1cc(Cl)ccc1Cl)C(CCC)OC. The number of hydrogen-bond donors (Lipinski definition) is 1. The van der Waals surface area contributed by atoms with E-state index < -0.39 is 0 Å².